The number of fused-ring (bicyclic) bond motifs is 2. The van der Waals surface area contributed by atoms with Crippen LogP contribution >= 0.6 is 11.3 Å². The molecule has 12 nitrogen and oxygen atoms in total. The number of amides is 2. The van der Waals surface area contributed by atoms with Crippen LogP contribution in [0.3, 0.4) is 0 Å². The van der Waals surface area contributed by atoms with E-state index in [2.05, 4.69) is 25.1 Å². The number of primary amides is 1. The van der Waals surface area contributed by atoms with Crippen LogP contribution in [0, 0.1) is 13.8 Å². The highest BCUT2D eigenvalue weighted by Crippen LogP contribution is 2.32. The van der Waals surface area contributed by atoms with Gasteiger partial charge in [0, 0.05) is 41.8 Å². The fourth-order valence-electron chi connectivity index (χ4n) is 4.93. The van der Waals surface area contributed by atoms with Gasteiger partial charge in [0.05, 0.1) is 24.7 Å². The van der Waals surface area contributed by atoms with Crippen LogP contribution in [0.25, 0.3) is 26.6 Å². The van der Waals surface area contributed by atoms with Crippen LogP contribution in [-0.4, -0.2) is 75.6 Å². The quantitative estimate of drug-likeness (QED) is 0.317. The second-order valence-electron chi connectivity index (χ2n) is 9.78. The molecule has 40 heavy (non-hydrogen) atoms. The van der Waals surface area contributed by atoms with Crippen LogP contribution in [0.2, 0.25) is 0 Å². The number of nitrogens with two attached hydrogens (primary N) is 1. The number of hydrogen-bond acceptors (Lipinski definition) is 9. The summed E-state index contributed by atoms with van der Waals surface area (Å²) < 4.78 is 17.8. The van der Waals surface area contributed by atoms with Crippen molar-refractivity contribution in [2.24, 2.45) is 5.73 Å². The fraction of sp³-hybridized carbons (Fsp3) is 0.308. The lowest BCUT2D eigenvalue weighted by Crippen LogP contribution is -2.43. The Hall–Kier alpha value is -4.59. The smallest absolute Gasteiger partial charge is 0.270 e. The number of aromatic nitrogens is 7. The first-order valence-corrected chi connectivity index (χ1v) is 13.4. The van der Waals surface area contributed by atoms with Gasteiger partial charge in [-0.3, -0.25) is 19.4 Å². The summed E-state index contributed by atoms with van der Waals surface area (Å²) in [5, 5.41) is 9.14. The van der Waals surface area contributed by atoms with Crippen LogP contribution in [0.4, 0.5) is 4.39 Å². The molecular formula is C26H24FN9O3S. The number of likely N-dealkylation sites (tertiary alicyclic amines) is 1. The standard InChI is InChI=1S/C26H24FN9O3S/c1-13-4-3-5-17(30-13)8-19(37)18-7-16(27)11-34(18)21(38)12-36-25-23(22(33-36)24(28)39)40-26(31-25)15-9-29-20-6-14(2)32-35(20)10-15/h3-6,9-10,16,18H,7-8,11-12H2,1-2H3,(H2,28,39)/t16-,18+/m1/s1. The first-order chi connectivity index (χ1) is 19.2. The minimum Gasteiger partial charge on any atom is -0.364 e. The Morgan fingerprint density at radius 1 is 1.15 bits per heavy atom. The highest BCUT2D eigenvalue weighted by Gasteiger charge is 2.40. The Balaban J connectivity index is 1.28. The molecular weight excluding hydrogens is 537 g/mol. The number of aryl methyl sites for hydroxylation is 2. The average molecular weight is 562 g/mol. The van der Waals surface area contributed by atoms with E-state index >= 15 is 0 Å². The van der Waals surface area contributed by atoms with Crippen LogP contribution in [0.1, 0.15) is 34.0 Å². The first kappa shape index (κ1) is 25.7. The highest BCUT2D eigenvalue weighted by atomic mass is 32.1. The molecule has 2 N–H and O–H groups in total. The Labute approximate surface area is 230 Å². The van der Waals surface area contributed by atoms with E-state index < -0.39 is 24.0 Å². The van der Waals surface area contributed by atoms with E-state index in [1.165, 1.54) is 20.9 Å². The molecule has 204 valence electrons. The summed E-state index contributed by atoms with van der Waals surface area (Å²) in [6.07, 6.45) is 1.99. The van der Waals surface area contributed by atoms with Crippen molar-refractivity contribution in [3.63, 3.8) is 0 Å². The molecule has 14 heteroatoms. The number of carbonyl (C=O) groups excluding carboxylic acids is 3. The molecule has 2 atom stereocenters. The van der Waals surface area contributed by atoms with E-state index in [0.717, 1.165) is 11.4 Å². The van der Waals surface area contributed by atoms with Crippen molar-refractivity contribution >= 4 is 44.9 Å². The summed E-state index contributed by atoms with van der Waals surface area (Å²) in [6, 6.07) is 6.26. The minimum atomic E-state index is -1.33. The molecule has 6 rings (SSSR count). The second kappa shape index (κ2) is 9.86. The Morgan fingerprint density at radius 3 is 2.75 bits per heavy atom. The molecule has 5 aromatic heterocycles. The van der Waals surface area contributed by atoms with E-state index in [0.29, 0.717) is 26.6 Å². The largest absolute Gasteiger partial charge is 0.364 e. The van der Waals surface area contributed by atoms with Gasteiger partial charge in [0.2, 0.25) is 5.91 Å². The highest BCUT2D eigenvalue weighted by molar-refractivity contribution is 7.22. The van der Waals surface area contributed by atoms with E-state index in [9.17, 15) is 18.8 Å². The molecule has 0 aliphatic carbocycles. The SMILES string of the molecule is Cc1cccc(CC(=O)[C@@H]2C[C@@H](F)CN2C(=O)Cn2nc(C(N)=O)c3sc(-c4cnc5cc(C)nn5c4)nc32)n1. The summed E-state index contributed by atoms with van der Waals surface area (Å²) in [5.74, 6) is -1.57. The van der Waals surface area contributed by atoms with Crippen LogP contribution in [0.5, 0.6) is 0 Å². The predicted molar refractivity (Wildman–Crippen MR) is 143 cm³/mol. The lowest BCUT2D eigenvalue weighted by molar-refractivity contribution is -0.138. The van der Waals surface area contributed by atoms with Crippen molar-refractivity contribution in [1.29, 1.82) is 0 Å². The summed E-state index contributed by atoms with van der Waals surface area (Å²) in [6.45, 7) is 3.13. The maximum absolute atomic E-state index is 14.5. The van der Waals surface area contributed by atoms with E-state index in [1.807, 2.05) is 26.0 Å². The third kappa shape index (κ3) is 4.70. The molecule has 0 saturated carbocycles. The van der Waals surface area contributed by atoms with Gasteiger partial charge < -0.3 is 10.6 Å². The molecule has 0 unspecified atom stereocenters. The number of thiazole rings is 1. The van der Waals surface area contributed by atoms with Crippen LogP contribution in [-0.2, 0) is 22.6 Å². The van der Waals surface area contributed by atoms with Gasteiger partial charge in [0.25, 0.3) is 5.91 Å². The lowest BCUT2D eigenvalue weighted by Gasteiger charge is -2.23. The minimum absolute atomic E-state index is 0.00964. The lowest BCUT2D eigenvalue weighted by atomic mass is 10.0. The van der Waals surface area contributed by atoms with Crippen molar-refractivity contribution in [2.75, 3.05) is 6.54 Å². The van der Waals surface area contributed by atoms with Crippen molar-refractivity contribution in [3.8, 4) is 10.6 Å². The van der Waals surface area contributed by atoms with E-state index in [1.54, 1.807) is 29.0 Å². The average Bonchev–Trinajstić information content (AvgIpc) is 3.66. The Bertz CT molecular complexity index is 1810. The van der Waals surface area contributed by atoms with Crippen molar-refractivity contribution < 1.29 is 18.8 Å². The van der Waals surface area contributed by atoms with Gasteiger partial charge in [0.15, 0.2) is 22.8 Å². The van der Waals surface area contributed by atoms with E-state index in [-0.39, 0.29) is 43.1 Å². The molecule has 0 bridgehead atoms. The maximum Gasteiger partial charge on any atom is 0.270 e. The normalized spacial score (nSPS) is 17.2. The second-order valence-corrected chi connectivity index (χ2v) is 10.8. The number of hydrogen-bond donors (Lipinski definition) is 1. The topological polar surface area (TPSA) is 154 Å². The van der Waals surface area contributed by atoms with Gasteiger partial charge >= 0.3 is 0 Å². The van der Waals surface area contributed by atoms with Crippen LogP contribution in [0.15, 0.2) is 36.7 Å². The molecule has 1 aliphatic heterocycles. The Kier molecular flexibility index (Phi) is 6.33. The number of nitrogens with zero attached hydrogens (tertiary/aromatic N) is 8. The summed E-state index contributed by atoms with van der Waals surface area (Å²) in [4.78, 5) is 53.3. The Morgan fingerprint density at radius 2 is 1.98 bits per heavy atom. The van der Waals surface area contributed by atoms with Crippen molar-refractivity contribution in [2.45, 2.75) is 45.4 Å². The first-order valence-electron chi connectivity index (χ1n) is 12.5. The van der Waals surface area contributed by atoms with Crippen molar-refractivity contribution in [3.05, 3.63) is 59.4 Å². The monoisotopic (exact) mass is 561 g/mol. The molecule has 1 saturated heterocycles. The molecule has 2 amide bonds. The third-order valence-corrected chi connectivity index (χ3v) is 7.83. The molecule has 6 heterocycles. The van der Waals surface area contributed by atoms with Gasteiger partial charge in [-0.05, 0) is 26.0 Å². The number of ketones is 1. The number of rotatable bonds is 7. The number of Topliss-reactive ketones (excluding diaryl/α,β-unsaturated/α-hetero) is 1. The molecule has 0 spiro atoms. The fourth-order valence-corrected chi connectivity index (χ4v) is 5.96. The van der Waals surface area contributed by atoms with E-state index in [4.69, 9.17) is 5.73 Å². The molecule has 1 fully saturated rings. The third-order valence-electron chi connectivity index (χ3n) is 6.73. The zero-order valence-electron chi connectivity index (χ0n) is 21.6. The molecule has 0 radical (unpaired) electrons. The van der Waals surface area contributed by atoms with Gasteiger partial charge in [0.1, 0.15) is 22.4 Å². The zero-order valence-corrected chi connectivity index (χ0v) is 22.4. The van der Waals surface area contributed by atoms with Gasteiger partial charge in [-0.25, -0.2) is 23.6 Å². The molecule has 0 aromatic carbocycles. The molecule has 5 aromatic rings. The molecule has 1 aliphatic rings. The van der Waals surface area contributed by atoms with Gasteiger partial charge in [-0.15, -0.1) is 11.3 Å². The number of alkyl halides is 1. The summed E-state index contributed by atoms with van der Waals surface area (Å²) in [5.41, 5.74) is 9.29. The zero-order chi connectivity index (χ0) is 28.1. The van der Waals surface area contributed by atoms with Gasteiger partial charge in [-0.2, -0.15) is 10.2 Å². The summed E-state index contributed by atoms with van der Waals surface area (Å²) >= 11 is 1.19. The number of carbonyl (C=O) groups is 3. The predicted octanol–water partition coefficient (Wildman–Crippen LogP) is 2.06. The summed E-state index contributed by atoms with van der Waals surface area (Å²) in [7, 11) is 0. The van der Waals surface area contributed by atoms with Gasteiger partial charge in [-0.1, -0.05) is 6.07 Å². The maximum atomic E-state index is 14.5. The number of halogens is 1. The number of pyridine rings is 1. The van der Waals surface area contributed by atoms with Crippen LogP contribution < -0.4 is 5.73 Å². The van der Waals surface area contributed by atoms with Crippen molar-refractivity contribution in [1.82, 2.24) is 39.2 Å².